The fourth-order valence-electron chi connectivity index (χ4n) is 2.91. The SMILES string of the molecule is CCCCCCc1oc2ccccc2c1-c1ccccc1. The number of aryl methyl sites for hydroxylation is 1. The number of hydrogen-bond acceptors (Lipinski definition) is 1. The Morgan fingerprint density at radius 3 is 2.38 bits per heavy atom. The van der Waals surface area contributed by atoms with Crippen molar-refractivity contribution in [2.24, 2.45) is 0 Å². The van der Waals surface area contributed by atoms with Crippen LogP contribution in [0.15, 0.2) is 59.0 Å². The van der Waals surface area contributed by atoms with E-state index in [1.54, 1.807) is 0 Å². The van der Waals surface area contributed by atoms with Crippen LogP contribution in [0.5, 0.6) is 0 Å². The first-order valence-corrected chi connectivity index (χ1v) is 7.96. The maximum atomic E-state index is 6.13. The molecule has 3 aromatic rings. The monoisotopic (exact) mass is 278 g/mol. The summed E-state index contributed by atoms with van der Waals surface area (Å²) in [5.41, 5.74) is 3.54. The Kier molecular flexibility index (Phi) is 4.40. The van der Waals surface area contributed by atoms with Crippen molar-refractivity contribution >= 4 is 11.0 Å². The summed E-state index contributed by atoms with van der Waals surface area (Å²) >= 11 is 0. The molecule has 0 aliphatic heterocycles. The minimum absolute atomic E-state index is 1.00. The number of furan rings is 1. The molecule has 0 fully saturated rings. The Hall–Kier alpha value is -2.02. The van der Waals surface area contributed by atoms with Gasteiger partial charge in [-0.05, 0) is 18.1 Å². The van der Waals surface area contributed by atoms with E-state index in [1.807, 2.05) is 6.07 Å². The number of para-hydroxylation sites is 1. The molecular formula is C20H22O. The summed E-state index contributed by atoms with van der Waals surface area (Å²) < 4.78 is 6.13. The molecule has 0 bridgehead atoms. The lowest BCUT2D eigenvalue weighted by atomic mass is 9.99. The van der Waals surface area contributed by atoms with Gasteiger partial charge < -0.3 is 4.42 Å². The largest absolute Gasteiger partial charge is 0.460 e. The van der Waals surface area contributed by atoms with Crippen molar-refractivity contribution in [1.29, 1.82) is 0 Å². The predicted octanol–water partition coefficient (Wildman–Crippen LogP) is 6.22. The van der Waals surface area contributed by atoms with Crippen LogP contribution in [-0.2, 0) is 6.42 Å². The second-order valence-corrected chi connectivity index (χ2v) is 5.57. The standard InChI is InChI=1S/C20H22O/c1-2-3-4-8-15-19-20(16-11-6-5-7-12-16)17-13-9-10-14-18(17)21-19/h5-7,9-14H,2-4,8,15H2,1H3. The van der Waals surface area contributed by atoms with Gasteiger partial charge in [0.15, 0.2) is 0 Å². The van der Waals surface area contributed by atoms with Crippen molar-refractivity contribution < 1.29 is 4.42 Å². The zero-order valence-electron chi connectivity index (χ0n) is 12.6. The topological polar surface area (TPSA) is 13.1 Å². The molecule has 0 atom stereocenters. The maximum Gasteiger partial charge on any atom is 0.134 e. The first kappa shape index (κ1) is 13.9. The number of fused-ring (bicyclic) bond motifs is 1. The van der Waals surface area contributed by atoms with Gasteiger partial charge in [0, 0.05) is 17.4 Å². The van der Waals surface area contributed by atoms with Gasteiger partial charge >= 0.3 is 0 Å². The van der Waals surface area contributed by atoms with Crippen molar-refractivity contribution in [3.8, 4) is 11.1 Å². The molecule has 21 heavy (non-hydrogen) atoms. The van der Waals surface area contributed by atoms with Crippen LogP contribution in [0.2, 0.25) is 0 Å². The Bertz CT molecular complexity index is 694. The van der Waals surface area contributed by atoms with Crippen LogP contribution in [-0.4, -0.2) is 0 Å². The molecule has 0 spiro atoms. The van der Waals surface area contributed by atoms with Crippen molar-refractivity contribution in [3.63, 3.8) is 0 Å². The van der Waals surface area contributed by atoms with Gasteiger partial charge in [0.2, 0.25) is 0 Å². The molecule has 0 N–H and O–H groups in total. The molecule has 1 aromatic heterocycles. The fourth-order valence-corrected chi connectivity index (χ4v) is 2.91. The molecule has 0 saturated heterocycles. The summed E-state index contributed by atoms with van der Waals surface area (Å²) in [5.74, 6) is 1.14. The molecule has 1 heterocycles. The van der Waals surface area contributed by atoms with Crippen LogP contribution in [0.25, 0.3) is 22.1 Å². The van der Waals surface area contributed by atoms with Gasteiger partial charge in [-0.15, -0.1) is 0 Å². The van der Waals surface area contributed by atoms with Gasteiger partial charge in [-0.25, -0.2) is 0 Å². The van der Waals surface area contributed by atoms with E-state index in [9.17, 15) is 0 Å². The molecule has 0 unspecified atom stereocenters. The Balaban J connectivity index is 1.98. The minimum atomic E-state index is 1.00. The third-order valence-electron chi connectivity index (χ3n) is 3.99. The van der Waals surface area contributed by atoms with Gasteiger partial charge in [-0.1, -0.05) is 74.7 Å². The van der Waals surface area contributed by atoms with E-state index in [1.165, 1.54) is 42.2 Å². The lowest BCUT2D eigenvalue weighted by Gasteiger charge is -2.03. The molecule has 2 aromatic carbocycles. The first-order valence-electron chi connectivity index (χ1n) is 7.96. The number of hydrogen-bond donors (Lipinski definition) is 0. The smallest absolute Gasteiger partial charge is 0.134 e. The summed E-state index contributed by atoms with van der Waals surface area (Å²) in [4.78, 5) is 0. The van der Waals surface area contributed by atoms with Crippen LogP contribution in [0, 0.1) is 0 Å². The predicted molar refractivity (Wildman–Crippen MR) is 89.5 cm³/mol. The summed E-state index contributed by atoms with van der Waals surface area (Å²) in [6.07, 6.45) is 6.08. The zero-order valence-corrected chi connectivity index (χ0v) is 12.6. The maximum absolute atomic E-state index is 6.13. The summed E-state index contributed by atoms with van der Waals surface area (Å²) in [7, 11) is 0. The van der Waals surface area contributed by atoms with Gasteiger partial charge in [-0.2, -0.15) is 0 Å². The van der Waals surface area contributed by atoms with Crippen molar-refractivity contribution in [3.05, 3.63) is 60.4 Å². The summed E-state index contributed by atoms with van der Waals surface area (Å²) in [6, 6.07) is 19.0. The molecule has 0 radical (unpaired) electrons. The van der Waals surface area contributed by atoms with Crippen LogP contribution < -0.4 is 0 Å². The zero-order chi connectivity index (χ0) is 14.5. The average Bonchev–Trinajstić information content (AvgIpc) is 2.90. The number of rotatable bonds is 6. The average molecular weight is 278 g/mol. The van der Waals surface area contributed by atoms with E-state index < -0.39 is 0 Å². The van der Waals surface area contributed by atoms with E-state index in [4.69, 9.17) is 4.42 Å². The molecule has 1 heteroatoms. The summed E-state index contributed by atoms with van der Waals surface area (Å²) in [5, 5.41) is 1.23. The minimum Gasteiger partial charge on any atom is -0.460 e. The van der Waals surface area contributed by atoms with Gasteiger partial charge in [0.05, 0.1) is 0 Å². The van der Waals surface area contributed by atoms with E-state index in [-0.39, 0.29) is 0 Å². The van der Waals surface area contributed by atoms with E-state index in [2.05, 4.69) is 55.5 Å². The molecule has 0 amide bonds. The van der Waals surface area contributed by atoms with Gasteiger partial charge in [-0.3, -0.25) is 0 Å². The first-order chi connectivity index (χ1) is 10.4. The van der Waals surface area contributed by atoms with Crippen molar-refractivity contribution in [2.75, 3.05) is 0 Å². The van der Waals surface area contributed by atoms with Crippen LogP contribution in [0.3, 0.4) is 0 Å². The Morgan fingerprint density at radius 2 is 1.57 bits per heavy atom. The van der Waals surface area contributed by atoms with E-state index in [0.29, 0.717) is 0 Å². The molecule has 108 valence electrons. The van der Waals surface area contributed by atoms with Crippen LogP contribution >= 0.6 is 0 Å². The number of unbranched alkanes of at least 4 members (excludes halogenated alkanes) is 3. The normalized spacial score (nSPS) is 11.1. The highest BCUT2D eigenvalue weighted by Gasteiger charge is 2.14. The van der Waals surface area contributed by atoms with E-state index in [0.717, 1.165) is 17.8 Å². The molecule has 3 rings (SSSR count). The molecule has 0 saturated carbocycles. The third-order valence-corrected chi connectivity index (χ3v) is 3.99. The lowest BCUT2D eigenvalue weighted by Crippen LogP contribution is -1.87. The van der Waals surface area contributed by atoms with Gasteiger partial charge in [0.25, 0.3) is 0 Å². The quantitative estimate of drug-likeness (QED) is 0.488. The van der Waals surface area contributed by atoms with E-state index >= 15 is 0 Å². The van der Waals surface area contributed by atoms with Gasteiger partial charge in [0.1, 0.15) is 11.3 Å². The molecule has 0 aliphatic rings. The number of benzene rings is 2. The van der Waals surface area contributed by atoms with Crippen LogP contribution in [0.1, 0.15) is 38.4 Å². The summed E-state index contributed by atoms with van der Waals surface area (Å²) in [6.45, 7) is 2.25. The second kappa shape index (κ2) is 6.62. The molecule has 0 aliphatic carbocycles. The highest BCUT2D eigenvalue weighted by molar-refractivity contribution is 5.95. The van der Waals surface area contributed by atoms with Crippen molar-refractivity contribution in [2.45, 2.75) is 39.0 Å². The lowest BCUT2D eigenvalue weighted by molar-refractivity contribution is 0.528. The second-order valence-electron chi connectivity index (χ2n) is 5.57. The molecular weight excluding hydrogens is 256 g/mol. The highest BCUT2D eigenvalue weighted by Crippen LogP contribution is 2.35. The highest BCUT2D eigenvalue weighted by atomic mass is 16.3. The Labute approximate surface area is 126 Å². The molecule has 1 nitrogen and oxygen atoms in total. The van der Waals surface area contributed by atoms with Crippen molar-refractivity contribution in [1.82, 2.24) is 0 Å². The third kappa shape index (κ3) is 3.02. The Morgan fingerprint density at radius 1 is 0.810 bits per heavy atom. The van der Waals surface area contributed by atoms with Crippen LogP contribution in [0.4, 0.5) is 0 Å². The fraction of sp³-hybridized carbons (Fsp3) is 0.300.